The van der Waals surface area contributed by atoms with Gasteiger partial charge in [-0.05, 0) is 44.6 Å². The van der Waals surface area contributed by atoms with E-state index in [0.717, 1.165) is 56.5 Å². The van der Waals surface area contributed by atoms with Crippen molar-refractivity contribution < 1.29 is 9.26 Å². The van der Waals surface area contributed by atoms with Crippen LogP contribution < -0.4 is 5.32 Å². The summed E-state index contributed by atoms with van der Waals surface area (Å²) in [5.74, 6) is 2.26. The van der Waals surface area contributed by atoms with E-state index in [4.69, 9.17) is 9.26 Å². The van der Waals surface area contributed by atoms with E-state index in [1.807, 2.05) is 0 Å². The third-order valence-electron chi connectivity index (χ3n) is 4.72. The topological polar surface area (TPSA) is 60.2 Å². The van der Waals surface area contributed by atoms with Gasteiger partial charge in [0.15, 0.2) is 0 Å². The van der Waals surface area contributed by atoms with Crippen molar-refractivity contribution in [3.63, 3.8) is 0 Å². The van der Waals surface area contributed by atoms with Crippen molar-refractivity contribution in [3.8, 4) is 0 Å². The molecule has 2 fully saturated rings. The maximum atomic E-state index is 5.62. The van der Waals surface area contributed by atoms with Crippen molar-refractivity contribution in [3.05, 3.63) is 11.7 Å². The van der Waals surface area contributed by atoms with Gasteiger partial charge in [0, 0.05) is 19.1 Å². The smallest absolute Gasteiger partial charge is 0.228 e. The minimum atomic E-state index is 0.0519. The Balaban J connectivity index is 1.61. The summed E-state index contributed by atoms with van der Waals surface area (Å²) in [6, 6.07) is 0.477. The van der Waals surface area contributed by atoms with Crippen LogP contribution >= 0.6 is 0 Å². The average Bonchev–Trinajstić information content (AvgIpc) is 3.24. The lowest BCUT2D eigenvalue weighted by molar-refractivity contribution is 0.103. The van der Waals surface area contributed by atoms with Gasteiger partial charge in [-0.1, -0.05) is 24.9 Å². The number of nitrogens with one attached hydrogen (secondary N) is 1. The lowest BCUT2D eigenvalue weighted by atomic mass is 9.95. The van der Waals surface area contributed by atoms with E-state index in [-0.39, 0.29) is 6.10 Å². The zero-order valence-corrected chi connectivity index (χ0v) is 13.0. The Labute approximate surface area is 126 Å². The highest BCUT2D eigenvalue weighted by Gasteiger charge is 2.28. The first-order chi connectivity index (χ1) is 10.4. The predicted molar refractivity (Wildman–Crippen MR) is 80.0 cm³/mol. The molecule has 1 aromatic rings. The first kappa shape index (κ1) is 15.0. The van der Waals surface area contributed by atoms with Crippen LogP contribution in [-0.4, -0.2) is 29.3 Å². The molecule has 0 radical (unpaired) electrons. The molecule has 1 saturated carbocycles. The SMILES string of the molecule is CCCNC(Cc1nc(C2CCCO2)no1)C1CCCC1. The second-order valence-electron chi connectivity index (χ2n) is 6.36. The van der Waals surface area contributed by atoms with E-state index >= 15 is 0 Å². The van der Waals surface area contributed by atoms with Crippen LogP contribution in [0.1, 0.15) is 69.7 Å². The van der Waals surface area contributed by atoms with Crippen LogP contribution in [0.4, 0.5) is 0 Å². The maximum absolute atomic E-state index is 5.62. The van der Waals surface area contributed by atoms with Gasteiger partial charge < -0.3 is 14.6 Å². The number of aromatic nitrogens is 2. The van der Waals surface area contributed by atoms with Crippen molar-refractivity contribution >= 4 is 0 Å². The maximum Gasteiger partial charge on any atom is 0.228 e. The van der Waals surface area contributed by atoms with Gasteiger partial charge in [-0.3, -0.25) is 0 Å². The molecule has 0 amide bonds. The third-order valence-corrected chi connectivity index (χ3v) is 4.72. The molecule has 2 unspecified atom stereocenters. The van der Waals surface area contributed by atoms with Gasteiger partial charge in [0.1, 0.15) is 6.10 Å². The Hall–Kier alpha value is -0.940. The third kappa shape index (κ3) is 3.83. The van der Waals surface area contributed by atoms with Crippen molar-refractivity contribution in [2.45, 2.75) is 70.4 Å². The number of rotatable bonds is 7. The highest BCUT2D eigenvalue weighted by molar-refractivity contribution is 4.96. The van der Waals surface area contributed by atoms with Crippen molar-refractivity contribution in [2.24, 2.45) is 5.92 Å². The van der Waals surface area contributed by atoms with E-state index < -0.39 is 0 Å². The van der Waals surface area contributed by atoms with E-state index in [1.165, 1.54) is 25.7 Å². The monoisotopic (exact) mass is 293 g/mol. The summed E-state index contributed by atoms with van der Waals surface area (Å²) < 4.78 is 11.1. The molecule has 0 bridgehead atoms. The summed E-state index contributed by atoms with van der Waals surface area (Å²) in [7, 11) is 0. The average molecular weight is 293 g/mol. The van der Waals surface area contributed by atoms with Gasteiger partial charge in [0.25, 0.3) is 0 Å². The predicted octanol–water partition coefficient (Wildman–Crippen LogP) is 3.02. The summed E-state index contributed by atoms with van der Waals surface area (Å²) in [5.41, 5.74) is 0. The fourth-order valence-corrected chi connectivity index (χ4v) is 3.55. The molecule has 1 N–H and O–H groups in total. The molecule has 21 heavy (non-hydrogen) atoms. The minimum absolute atomic E-state index is 0.0519. The molecule has 5 nitrogen and oxygen atoms in total. The second kappa shape index (κ2) is 7.36. The Morgan fingerprint density at radius 3 is 2.81 bits per heavy atom. The van der Waals surface area contributed by atoms with Gasteiger partial charge in [-0.2, -0.15) is 4.98 Å². The number of hydrogen-bond acceptors (Lipinski definition) is 5. The van der Waals surface area contributed by atoms with Gasteiger partial charge in [-0.15, -0.1) is 0 Å². The number of ether oxygens (including phenoxy) is 1. The fourth-order valence-electron chi connectivity index (χ4n) is 3.55. The standard InChI is InChI=1S/C16H27N3O2/c1-2-9-17-13(12-6-3-4-7-12)11-15-18-16(19-21-15)14-8-5-10-20-14/h12-14,17H,2-11H2,1H3. The number of hydrogen-bond donors (Lipinski definition) is 1. The molecule has 1 aliphatic carbocycles. The second-order valence-corrected chi connectivity index (χ2v) is 6.36. The van der Waals surface area contributed by atoms with Crippen molar-refractivity contribution in [2.75, 3.05) is 13.2 Å². The quantitative estimate of drug-likeness (QED) is 0.837. The van der Waals surface area contributed by atoms with Crippen molar-refractivity contribution in [1.82, 2.24) is 15.5 Å². The van der Waals surface area contributed by atoms with Crippen molar-refractivity contribution in [1.29, 1.82) is 0 Å². The van der Waals surface area contributed by atoms with Crippen LogP contribution in [0.3, 0.4) is 0 Å². The zero-order valence-electron chi connectivity index (χ0n) is 13.0. The normalized spacial score (nSPS) is 24.7. The fraction of sp³-hybridized carbons (Fsp3) is 0.875. The Kier molecular flexibility index (Phi) is 5.25. The first-order valence-corrected chi connectivity index (χ1v) is 8.54. The van der Waals surface area contributed by atoms with E-state index in [0.29, 0.717) is 6.04 Å². The van der Waals surface area contributed by atoms with Crippen LogP contribution in [0.15, 0.2) is 4.52 Å². The molecule has 2 aliphatic rings. The summed E-state index contributed by atoms with van der Waals surface area (Å²) in [6.45, 7) is 4.09. The van der Waals surface area contributed by atoms with Crippen LogP contribution in [0.5, 0.6) is 0 Å². The molecule has 3 rings (SSSR count). The zero-order chi connectivity index (χ0) is 14.5. The molecule has 0 aromatic carbocycles. The van der Waals surface area contributed by atoms with Crippen LogP contribution in [0, 0.1) is 5.92 Å². The highest BCUT2D eigenvalue weighted by Crippen LogP contribution is 2.30. The molecule has 2 atom stereocenters. The van der Waals surface area contributed by atoms with Crippen LogP contribution in [-0.2, 0) is 11.2 Å². The lowest BCUT2D eigenvalue weighted by Crippen LogP contribution is -2.37. The molecule has 2 heterocycles. The summed E-state index contributed by atoms with van der Waals surface area (Å²) in [4.78, 5) is 4.57. The summed E-state index contributed by atoms with van der Waals surface area (Å²) in [5, 5.41) is 7.80. The van der Waals surface area contributed by atoms with Gasteiger partial charge >= 0.3 is 0 Å². The summed E-state index contributed by atoms with van der Waals surface area (Å²) in [6.07, 6.45) is 9.55. The number of nitrogens with zero attached hydrogens (tertiary/aromatic N) is 2. The molecular formula is C16H27N3O2. The molecule has 1 aromatic heterocycles. The molecule has 1 aliphatic heterocycles. The lowest BCUT2D eigenvalue weighted by Gasteiger charge is -2.23. The van der Waals surface area contributed by atoms with E-state index in [2.05, 4.69) is 22.4 Å². The van der Waals surface area contributed by atoms with Gasteiger partial charge in [0.05, 0.1) is 0 Å². The van der Waals surface area contributed by atoms with Gasteiger partial charge in [-0.25, -0.2) is 0 Å². The van der Waals surface area contributed by atoms with Crippen LogP contribution in [0.25, 0.3) is 0 Å². The highest BCUT2D eigenvalue weighted by atomic mass is 16.5. The Morgan fingerprint density at radius 2 is 2.10 bits per heavy atom. The van der Waals surface area contributed by atoms with E-state index in [1.54, 1.807) is 0 Å². The van der Waals surface area contributed by atoms with Crippen LogP contribution in [0.2, 0.25) is 0 Å². The van der Waals surface area contributed by atoms with E-state index in [9.17, 15) is 0 Å². The summed E-state index contributed by atoms with van der Waals surface area (Å²) >= 11 is 0. The molecule has 5 heteroatoms. The molecular weight excluding hydrogens is 266 g/mol. The Morgan fingerprint density at radius 1 is 1.24 bits per heavy atom. The first-order valence-electron chi connectivity index (χ1n) is 8.54. The van der Waals surface area contributed by atoms with Gasteiger partial charge in [0.2, 0.25) is 11.7 Å². The minimum Gasteiger partial charge on any atom is -0.370 e. The molecule has 0 spiro atoms. The largest absolute Gasteiger partial charge is 0.370 e. The molecule has 118 valence electrons. The Bertz CT molecular complexity index is 423. The molecule has 1 saturated heterocycles.